The molecule has 0 bridgehead atoms. The Bertz CT molecular complexity index is 1120. The van der Waals surface area contributed by atoms with E-state index < -0.39 is 0 Å². The van der Waals surface area contributed by atoms with Crippen molar-refractivity contribution in [3.8, 4) is 0 Å². The van der Waals surface area contributed by atoms with Crippen LogP contribution in [0.3, 0.4) is 0 Å². The van der Waals surface area contributed by atoms with Crippen LogP contribution < -0.4 is 26.6 Å². The Labute approximate surface area is 186 Å². The van der Waals surface area contributed by atoms with Crippen LogP contribution in [-0.2, 0) is 4.79 Å². The van der Waals surface area contributed by atoms with Crippen LogP contribution in [0.4, 0.5) is 28.8 Å². The Kier molecular flexibility index (Phi) is 5.72. The first-order valence-electron chi connectivity index (χ1n) is 10.4. The number of aryl methyl sites for hydroxylation is 1. The number of nitrogens with one attached hydrogen (secondary N) is 3. The SMILES string of the molecule is CC(=O)Nc1cc(Nc2nc(NC3(C)CC3)c3c(C)csc3n2)ccc1N(C)CCN. The Balaban J connectivity index is 1.67. The zero-order chi connectivity index (χ0) is 22.2. The van der Waals surface area contributed by atoms with Crippen molar-refractivity contribution in [2.45, 2.75) is 39.2 Å². The van der Waals surface area contributed by atoms with Gasteiger partial charge in [-0.05, 0) is 55.8 Å². The Hall–Kier alpha value is -2.91. The van der Waals surface area contributed by atoms with Gasteiger partial charge in [-0.2, -0.15) is 4.98 Å². The lowest BCUT2D eigenvalue weighted by Crippen LogP contribution is -2.26. The lowest BCUT2D eigenvalue weighted by Gasteiger charge is -2.22. The van der Waals surface area contributed by atoms with E-state index in [-0.39, 0.29) is 11.4 Å². The van der Waals surface area contributed by atoms with Gasteiger partial charge in [-0.3, -0.25) is 4.79 Å². The van der Waals surface area contributed by atoms with Crippen molar-refractivity contribution in [3.05, 3.63) is 29.1 Å². The van der Waals surface area contributed by atoms with Crippen LogP contribution in [0.25, 0.3) is 10.2 Å². The molecule has 1 aliphatic carbocycles. The first-order chi connectivity index (χ1) is 14.8. The third kappa shape index (κ3) is 4.72. The molecular weight excluding hydrogens is 410 g/mol. The average Bonchev–Trinajstić information content (AvgIpc) is 3.30. The number of amides is 1. The minimum atomic E-state index is -0.129. The minimum Gasteiger partial charge on any atom is -0.372 e. The lowest BCUT2D eigenvalue weighted by atomic mass is 10.2. The predicted molar refractivity (Wildman–Crippen MR) is 130 cm³/mol. The van der Waals surface area contributed by atoms with Crippen LogP contribution in [0.1, 0.15) is 32.3 Å². The summed E-state index contributed by atoms with van der Waals surface area (Å²) in [7, 11) is 1.95. The maximum absolute atomic E-state index is 11.7. The second kappa shape index (κ2) is 8.32. The van der Waals surface area contributed by atoms with E-state index in [2.05, 4.69) is 35.2 Å². The van der Waals surface area contributed by atoms with Gasteiger partial charge in [0.25, 0.3) is 0 Å². The number of thiophene rings is 1. The molecule has 5 N–H and O–H groups in total. The van der Waals surface area contributed by atoms with Gasteiger partial charge in [-0.15, -0.1) is 11.3 Å². The fourth-order valence-electron chi connectivity index (χ4n) is 3.51. The molecule has 2 aromatic heterocycles. The summed E-state index contributed by atoms with van der Waals surface area (Å²) in [4.78, 5) is 24.2. The van der Waals surface area contributed by atoms with E-state index >= 15 is 0 Å². The van der Waals surface area contributed by atoms with Gasteiger partial charge >= 0.3 is 0 Å². The molecular formula is C22H29N7OS. The predicted octanol–water partition coefficient (Wildman–Crippen LogP) is 4.06. The van der Waals surface area contributed by atoms with E-state index in [0.29, 0.717) is 24.7 Å². The molecule has 0 radical (unpaired) electrons. The molecule has 0 saturated heterocycles. The van der Waals surface area contributed by atoms with Gasteiger partial charge in [-0.1, -0.05) is 0 Å². The molecule has 31 heavy (non-hydrogen) atoms. The van der Waals surface area contributed by atoms with Crippen LogP contribution in [0.2, 0.25) is 0 Å². The Morgan fingerprint density at radius 2 is 2.10 bits per heavy atom. The van der Waals surface area contributed by atoms with Crippen molar-refractivity contribution in [2.75, 3.05) is 41.0 Å². The summed E-state index contributed by atoms with van der Waals surface area (Å²) < 4.78 is 0. The molecule has 1 fully saturated rings. The van der Waals surface area contributed by atoms with Gasteiger partial charge in [0.15, 0.2) is 0 Å². The fourth-order valence-corrected chi connectivity index (χ4v) is 4.43. The monoisotopic (exact) mass is 439 g/mol. The number of aromatic nitrogens is 2. The second-order valence-electron chi connectivity index (χ2n) is 8.43. The summed E-state index contributed by atoms with van der Waals surface area (Å²) in [6, 6.07) is 5.81. The molecule has 2 heterocycles. The Morgan fingerprint density at radius 1 is 1.32 bits per heavy atom. The normalized spacial score (nSPS) is 14.4. The highest BCUT2D eigenvalue weighted by molar-refractivity contribution is 7.17. The molecule has 1 aromatic carbocycles. The first kappa shape index (κ1) is 21.3. The van der Waals surface area contributed by atoms with Gasteiger partial charge in [0.05, 0.1) is 16.8 Å². The zero-order valence-electron chi connectivity index (χ0n) is 18.4. The van der Waals surface area contributed by atoms with Crippen molar-refractivity contribution < 1.29 is 4.79 Å². The number of hydrogen-bond donors (Lipinski definition) is 4. The zero-order valence-corrected chi connectivity index (χ0v) is 19.2. The molecule has 9 heteroatoms. The summed E-state index contributed by atoms with van der Waals surface area (Å²) in [5, 5.41) is 13.0. The number of anilines is 5. The molecule has 0 atom stereocenters. The minimum absolute atomic E-state index is 0.112. The highest BCUT2D eigenvalue weighted by Gasteiger charge is 2.38. The maximum Gasteiger partial charge on any atom is 0.230 e. The standard InChI is InChI=1S/C22H29N7OS/c1-13-12-31-20-18(13)19(28-22(3)7-8-22)26-21(27-20)25-15-5-6-17(29(4)10-9-23)16(11-15)24-14(2)30/h5-6,11-12H,7-10,23H2,1-4H3,(H,24,30)(H2,25,26,27,28). The second-order valence-corrected chi connectivity index (χ2v) is 9.29. The van der Waals surface area contributed by atoms with Gasteiger partial charge in [0.2, 0.25) is 11.9 Å². The van der Waals surface area contributed by atoms with Crippen molar-refractivity contribution in [2.24, 2.45) is 5.73 Å². The molecule has 1 aliphatic rings. The van der Waals surface area contributed by atoms with Gasteiger partial charge in [-0.25, -0.2) is 4.98 Å². The van der Waals surface area contributed by atoms with E-state index in [9.17, 15) is 4.79 Å². The van der Waals surface area contributed by atoms with Crippen LogP contribution in [0, 0.1) is 6.92 Å². The molecule has 8 nitrogen and oxygen atoms in total. The van der Waals surface area contributed by atoms with Gasteiger partial charge < -0.3 is 26.6 Å². The van der Waals surface area contributed by atoms with Crippen molar-refractivity contribution in [1.29, 1.82) is 0 Å². The van der Waals surface area contributed by atoms with Crippen LogP contribution in [-0.4, -0.2) is 41.6 Å². The largest absolute Gasteiger partial charge is 0.372 e. The molecule has 0 spiro atoms. The van der Waals surface area contributed by atoms with E-state index in [1.807, 2.05) is 30.1 Å². The third-order valence-corrected chi connectivity index (χ3v) is 6.47. The van der Waals surface area contributed by atoms with Crippen LogP contribution in [0.5, 0.6) is 0 Å². The topological polar surface area (TPSA) is 108 Å². The number of nitrogens with zero attached hydrogens (tertiary/aromatic N) is 3. The quantitative estimate of drug-likeness (QED) is 0.419. The van der Waals surface area contributed by atoms with E-state index in [1.54, 1.807) is 11.3 Å². The van der Waals surface area contributed by atoms with Crippen molar-refractivity contribution >= 4 is 56.3 Å². The van der Waals surface area contributed by atoms with Gasteiger partial charge in [0, 0.05) is 38.3 Å². The molecule has 0 unspecified atom stereocenters. The van der Waals surface area contributed by atoms with Crippen LogP contribution >= 0.6 is 11.3 Å². The maximum atomic E-state index is 11.7. The number of fused-ring (bicyclic) bond motifs is 1. The molecule has 164 valence electrons. The number of likely N-dealkylation sites (N-methyl/N-ethyl adjacent to an activating group) is 1. The lowest BCUT2D eigenvalue weighted by molar-refractivity contribution is -0.114. The summed E-state index contributed by atoms with van der Waals surface area (Å²) in [5.41, 5.74) is 9.40. The molecule has 0 aliphatic heterocycles. The molecule has 1 amide bonds. The number of hydrogen-bond acceptors (Lipinski definition) is 8. The number of rotatable bonds is 8. The van der Waals surface area contributed by atoms with Gasteiger partial charge in [0.1, 0.15) is 10.6 Å². The summed E-state index contributed by atoms with van der Waals surface area (Å²) in [6.07, 6.45) is 2.28. The summed E-state index contributed by atoms with van der Waals surface area (Å²) in [6.45, 7) is 7.01. The van der Waals surface area contributed by atoms with E-state index in [1.165, 1.54) is 12.5 Å². The Morgan fingerprint density at radius 3 is 2.77 bits per heavy atom. The van der Waals surface area contributed by atoms with Crippen molar-refractivity contribution in [3.63, 3.8) is 0 Å². The van der Waals surface area contributed by atoms with Crippen LogP contribution in [0.15, 0.2) is 23.6 Å². The molecule has 3 aromatic rings. The third-order valence-electron chi connectivity index (χ3n) is 5.48. The molecule has 4 rings (SSSR count). The number of carbonyl (C=O) groups excluding carboxylic acids is 1. The van der Waals surface area contributed by atoms with E-state index in [4.69, 9.17) is 15.7 Å². The smallest absolute Gasteiger partial charge is 0.230 e. The first-order valence-corrected chi connectivity index (χ1v) is 11.3. The summed E-state index contributed by atoms with van der Waals surface area (Å²) in [5.74, 6) is 1.26. The fraction of sp³-hybridized carbons (Fsp3) is 0.409. The number of benzene rings is 1. The highest BCUT2D eigenvalue weighted by Crippen LogP contribution is 2.41. The average molecular weight is 440 g/mol. The summed E-state index contributed by atoms with van der Waals surface area (Å²) >= 11 is 1.62. The number of nitrogens with two attached hydrogens (primary N) is 1. The van der Waals surface area contributed by atoms with Crippen molar-refractivity contribution in [1.82, 2.24) is 9.97 Å². The highest BCUT2D eigenvalue weighted by atomic mass is 32.1. The molecule has 1 saturated carbocycles. The number of carbonyl (C=O) groups is 1. The van der Waals surface area contributed by atoms with E-state index in [0.717, 1.165) is 40.3 Å².